The van der Waals surface area contributed by atoms with Gasteiger partial charge in [-0.2, -0.15) is 13.2 Å². The van der Waals surface area contributed by atoms with Gasteiger partial charge in [0.15, 0.2) is 11.5 Å². The molecule has 0 amide bonds. The van der Waals surface area contributed by atoms with E-state index in [0.29, 0.717) is 40.1 Å². The zero-order valence-electron chi connectivity index (χ0n) is 25.2. The van der Waals surface area contributed by atoms with Gasteiger partial charge in [0.25, 0.3) is 0 Å². The molecule has 9 nitrogen and oxygen atoms in total. The summed E-state index contributed by atoms with van der Waals surface area (Å²) in [6.45, 7) is 3.93. The fourth-order valence-electron chi connectivity index (χ4n) is 4.37. The number of rotatable bonds is 12. The number of halogens is 3. The minimum absolute atomic E-state index is 0.0593. The molecule has 0 radical (unpaired) electrons. The van der Waals surface area contributed by atoms with E-state index in [9.17, 15) is 18.0 Å². The highest BCUT2D eigenvalue weighted by Gasteiger charge is 2.30. The van der Waals surface area contributed by atoms with E-state index < -0.39 is 17.7 Å². The summed E-state index contributed by atoms with van der Waals surface area (Å²) in [6, 6.07) is 19.4. The number of benzene rings is 3. The predicted octanol–water partition coefficient (Wildman–Crippen LogP) is 7.60. The number of esters is 1. The third-order valence-electron chi connectivity index (χ3n) is 6.73. The van der Waals surface area contributed by atoms with Crippen molar-refractivity contribution >= 4 is 12.0 Å². The highest BCUT2D eigenvalue weighted by atomic mass is 19.4. The number of nitrogens with zero attached hydrogens (tertiary/aromatic N) is 3. The van der Waals surface area contributed by atoms with Crippen molar-refractivity contribution in [3.8, 4) is 34.5 Å². The SMILES string of the molecule is CCOC(=O)/C=C/c1cn(-c2ccc(C(F)(F)F)cc2)nc1OCc1ccc(OCc2nc(-c3ccccc3)oc2C)c(OC)c1. The van der Waals surface area contributed by atoms with Crippen molar-refractivity contribution in [3.05, 3.63) is 113 Å². The van der Waals surface area contributed by atoms with E-state index >= 15 is 0 Å². The molecule has 12 heteroatoms. The number of hydrogen-bond acceptors (Lipinski definition) is 8. The quantitative estimate of drug-likeness (QED) is 0.102. The van der Waals surface area contributed by atoms with Crippen LogP contribution in [0.4, 0.5) is 13.2 Å². The summed E-state index contributed by atoms with van der Waals surface area (Å²) in [4.78, 5) is 16.5. The Kier molecular flexibility index (Phi) is 9.75. The normalized spacial score (nSPS) is 11.5. The zero-order chi connectivity index (χ0) is 32.7. The molecule has 0 aliphatic heterocycles. The molecule has 0 saturated heterocycles. The maximum atomic E-state index is 13.0. The average Bonchev–Trinajstić information content (AvgIpc) is 3.65. The first-order chi connectivity index (χ1) is 22.1. The van der Waals surface area contributed by atoms with Crippen molar-refractivity contribution in [1.29, 1.82) is 0 Å². The Hall–Kier alpha value is -5.52. The molecule has 2 heterocycles. The second-order valence-corrected chi connectivity index (χ2v) is 9.91. The molecule has 0 bridgehead atoms. The van der Waals surface area contributed by atoms with E-state index in [2.05, 4.69) is 10.1 Å². The van der Waals surface area contributed by atoms with Gasteiger partial charge >= 0.3 is 12.1 Å². The molecule has 0 aliphatic carbocycles. The number of oxazole rings is 1. The van der Waals surface area contributed by atoms with Crippen LogP contribution in [0.25, 0.3) is 23.2 Å². The monoisotopic (exact) mass is 633 g/mol. The lowest BCUT2D eigenvalue weighted by atomic mass is 10.2. The van der Waals surface area contributed by atoms with Crippen molar-refractivity contribution in [2.24, 2.45) is 0 Å². The van der Waals surface area contributed by atoms with Crippen LogP contribution in [-0.4, -0.2) is 34.5 Å². The van der Waals surface area contributed by atoms with Crippen LogP contribution in [0, 0.1) is 6.92 Å². The summed E-state index contributed by atoms with van der Waals surface area (Å²) < 4.78 is 68.8. The molecule has 0 unspecified atom stereocenters. The number of ether oxygens (including phenoxy) is 4. The van der Waals surface area contributed by atoms with Crippen LogP contribution in [-0.2, 0) is 28.9 Å². The predicted molar refractivity (Wildman–Crippen MR) is 163 cm³/mol. The molecule has 0 saturated carbocycles. The molecule has 238 valence electrons. The van der Waals surface area contributed by atoms with E-state index in [0.717, 1.165) is 23.3 Å². The van der Waals surface area contributed by atoms with Gasteiger partial charge in [-0.15, -0.1) is 5.10 Å². The lowest BCUT2D eigenvalue weighted by Gasteiger charge is -2.12. The van der Waals surface area contributed by atoms with E-state index in [-0.39, 0.29) is 25.7 Å². The summed E-state index contributed by atoms with van der Waals surface area (Å²) in [5.41, 5.74) is 2.24. The molecular formula is C34H30F3N3O6. The van der Waals surface area contributed by atoms with Crippen molar-refractivity contribution in [3.63, 3.8) is 0 Å². The Bertz CT molecular complexity index is 1810. The van der Waals surface area contributed by atoms with Crippen LogP contribution in [0.15, 0.2) is 89.5 Å². The first-order valence-corrected chi connectivity index (χ1v) is 14.2. The van der Waals surface area contributed by atoms with Gasteiger partial charge in [0.1, 0.15) is 24.7 Å². The number of carbonyl (C=O) groups excluding carboxylic acids is 1. The third-order valence-corrected chi connectivity index (χ3v) is 6.73. The van der Waals surface area contributed by atoms with Gasteiger partial charge in [0.05, 0.1) is 30.5 Å². The maximum absolute atomic E-state index is 13.0. The number of methoxy groups -OCH3 is 1. The van der Waals surface area contributed by atoms with Crippen LogP contribution in [0.1, 0.15) is 35.1 Å². The van der Waals surface area contributed by atoms with Gasteiger partial charge < -0.3 is 23.4 Å². The molecular weight excluding hydrogens is 603 g/mol. The molecule has 5 rings (SSSR count). The van der Waals surface area contributed by atoms with Crippen molar-refractivity contribution in [2.45, 2.75) is 33.2 Å². The summed E-state index contributed by atoms with van der Waals surface area (Å²) in [6.07, 6.45) is -0.236. The Morgan fingerprint density at radius 1 is 0.978 bits per heavy atom. The molecule has 0 aliphatic rings. The topological polar surface area (TPSA) is 97.8 Å². The minimum Gasteiger partial charge on any atom is -0.493 e. The fraction of sp³-hybridized carbons (Fsp3) is 0.206. The Morgan fingerprint density at radius 3 is 2.43 bits per heavy atom. The molecule has 2 aromatic heterocycles. The number of alkyl halides is 3. The highest BCUT2D eigenvalue weighted by molar-refractivity contribution is 5.87. The van der Waals surface area contributed by atoms with Crippen molar-refractivity contribution < 1.29 is 41.3 Å². The van der Waals surface area contributed by atoms with Crippen LogP contribution in [0.5, 0.6) is 17.4 Å². The summed E-state index contributed by atoms with van der Waals surface area (Å²) >= 11 is 0. The lowest BCUT2D eigenvalue weighted by molar-refractivity contribution is -0.138. The van der Waals surface area contributed by atoms with E-state index in [4.69, 9.17) is 23.4 Å². The third kappa shape index (κ3) is 7.76. The minimum atomic E-state index is -4.47. The molecule has 0 fully saturated rings. The Morgan fingerprint density at radius 2 is 1.74 bits per heavy atom. The molecule has 3 aromatic carbocycles. The van der Waals surface area contributed by atoms with Gasteiger partial charge in [0.2, 0.25) is 11.8 Å². The van der Waals surface area contributed by atoms with Gasteiger partial charge in [-0.25, -0.2) is 14.5 Å². The highest BCUT2D eigenvalue weighted by Crippen LogP contribution is 2.32. The molecule has 5 aromatic rings. The Balaban J connectivity index is 1.31. The average molecular weight is 634 g/mol. The van der Waals surface area contributed by atoms with Crippen LogP contribution >= 0.6 is 0 Å². The maximum Gasteiger partial charge on any atom is 0.416 e. The van der Waals surface area contributed by atoms with Crippen molar-refractivity contribution in [1.82, 2.24) is 14.8 Å². The second-order valence-electron chi connectivity index (χ2n) is 9.91. The molecule has 0 spiro atoms. The van der Waals surface area contributed by atoms with Crippen molar-refractivity contribution in [2.75, 3.05) is 13.7 Å². The van der Waals surface area contributed by atoms with Crippen LogP contribution in [0.2, 0.25) is 0 Å². The van der Waals surface area contributed by atoms with Gasteiger partial charge in [-0.05, 0) is 74.0 Å². The van der Waals surface area contributed by atoms with Crippen LogP contribution < -0.4 is 14.2 Å². The number of carbonyl (C=O) groups is 1. The molecule has 0 atom stereocenters. The first kappa shape index (κ1) is 31.9. The molecule has 0 N–H and O–H groups in total. The summed E-state index contributed by atoms with van der Waals surface area (Å²) in [5.74, 6) is 1.69. The number of aryl methyl sites for hydroxylation is 1. The summed E-state index contributed by atoms with van der Waals surface area (Å²) in [7, 11) is 1.52. The first-order valence-electron chi connectivity index (χ1n) is 14.2. The van der Waals surface area contributed by atoms with E-state index in [1.807, 2.05) is 37.3 Å². The van der Waals surface area contributed by atoms with Gasteiger partial charge in [-0.1, -0.05) is 24.3 Å². The molecule has 46 heavy (non-hydrogen) atoms. The van der Waals surface area contributed by atoms with E-state index in [1.165, 1.54) is 36.1 Å². The number of aromatic nitrogens is 3. The number of hydrogen-bond donors (Lipinski definition) is 0. The van der Waals surface area contributed by atoms with Gasteiger partial charge in [-0.3, -0.25) is 0 Å². The zero-order valence-corrected chi connectivity index (χ0v) is 25.2. The lowest BCUT2D eigenvalue weighted by Crippen LogP contribution is -2.05. The van der Waals surface area contributed by atoms with Crippen LogP contribution in [0.3, 0.4) is 0 Å². The smallest absolute Gasteiger partial charge is 0.416 e. The summed E-state index contributed by atoms with van der Waals surface area (Å²) in [5, 5.41) is 4.40. The van der Waals surface area contributed by atoms with Gasteiger partial charge in [0, 0.05) is 17.8 Å². The second kappa shape index (κ2) is 14.1. The largest absolute Gasteiger partial charge is 0.493 e. The fourth-order valence-corrected chi connectivity index (χ4v) is 4.37. The standard InChI is InChI=1S/C34H30F3N3O6/c1-4-43-31(41)17-11-25-19-40(27-14-12-26(13-15-27)34(35,36)37)39-33(25)45-20-23-10-16-29(30(18-23)42-3)44-21-28-22(2)46-32(38-28)24-8-6-5-7-9-24/h5-19H,4,20-21H2,1-3H3/b17-11+. The Labute approximate surface area is 262 Å². The van der Waals surface area contributed by atoms with E-state index in [1.54, 1.807) is 31.3 Å².